The number of anilines is 1. The van der Waals surface area contributed by atoms with Crippen LogP contribution in [0.4, 0.5) is 5.88 Å². The minimum atomic E-state index is -0.573. The first-order valence-corrected chi connectivity index (χ1v) is 6.34. The van der Waals surface area contributed by atoms with Crippen molar-refractivity contribution in [3.05, 3.63) is 39.4 Å². The molecular weight excluding hydrogens is 328 g/mol. The van der Waals surface area contributed by atoms with Gasteiger partial charge in [0, 0.05) is 0 Å². The number of Topliss-reactive ketones (excluding diaryl/α,β-unsaturated/α-hetero) is 1. The Bertz CT molecular complexity index is 736. The largest absolute Gasteiger partial charge is 0.444 e. The van der Waals surface area contributed by atoms with Gasteiger partial charge in [-0.15, -0.1) is 0 Å². The van der Waals surface area contributed by atoms with Gasteiger partial charge in [-0.2, -0.15) is 5.26 Å². The van der Waals surface area contributed by atoms with E-state index in [1.807, 2.05) is 6.07 Å². The van der Waals surface area contributed by atoms with Gasteiger partial charge in [-0.3, -0.25) is 14.9 Å². The fourth-order valence-electron chi connectivity index (χ4n) is 1.76. The van der Waals surface area contributed by atoms with Gasteiger partial charge in [0.1, 0.15) is 17.4 Å². The second kappa shape index (κ2) is 5.35. The SMILES string of the molecule is CC(=O)c1c(C)oc(NC(=O)c2ccc(Br)o2)c1C#N. The van der Waals surface area contributed by atoms with Gasteiger partial charge in [-0.05, 0) is 41.9 Å². The summed E-state index contributed by atoms with van der Waals surface area (Å²) in [4.78, 5) is 23.4. The molecule has 0 aliphatic carbocycles. The highest BCUT2D eigenvalue weighted by molar-refractivity contribution is 9.10. The molecule has 0 atom stereocenters. The number of furan rings is 2. The number of nitriles is 1. The highest BCUT2D eigenvalue weighted by atomic mass is 79.9. The summed E-state index contributed by atoms with van der Waals surface area (Å²) in [6.07, 6.45) is 0. The van der Waals surface area contributed by atoms with Gasteiger partial charge in [0.05, 0.1) is 5.56 Å². The maximum atomic E-state index is 11.9. The zero-order valence-corrected chi connectivity index (χ0v) is 12.2. The molecule has 2 rings (SSSR count). The molecular formula is C13H9BrN2O4. The number of aryl methyl sites for hydroxylation is 1. The van der Waals surface area contributed by atoms with E-state index in [1.165, 1.54) is 13.0 Å². The molecule has 0 radical (unpaired) electrons. The molecule has 2 heterocycles. The fourth-order valence-corrected chi connectivity index (χ4v) is 2.07. The molecule has 2 aromatic rings. The van der Waals surface area contributed by atoms with Crippen molar-refractivity contribution < 1.29 is 18.4 Å². The normalized spacial score (nSPS) is 10.1. The molecule has 0 unspecified atom stereocenters. The monoisotopic (exact) mass is 336 g/mol. The second-order valence-corrected chi connectivity index (χ2v) is 4.74. The Hall–Kier alpha value is -2.33. The third-order valence-corrected chi connectivity index (χ3v) is 3.00. The molecule has 0 bridgehead atoms. The summed E-state index contributed by atoms with van der Waals surface area (Å²) in [6.45, 7) is 2.88. The van der Waals surface area contributed by atoms with E-state index in [1.54, 1.807) is 13.0 Å². The molecule has 1 N–H and O–H groups in total. The smallest absolute Gasteiger partial charge is 0.293 e. The Balaban J connectivity index is 2.35. The number of ketones is 1. The van der Waals surface area contributed by atoms with E-state index in [0.29, 0.717) is 4.67 Å². The fraction of sp³-hybridized carbons (Fsp3) is 0.154. The van der Waals surface area contributed by atoms with Crippen LogP contribution in [0.2, 0.25) is 0 Å². The molecule has 6 nitrogen and oxygen atoms in total. The topological polar surface area (TPSA) is 96.2 Å². The van der Waals surface area contributed by atoms with E-state index in [-0.39, 0.29) is 34.3 Å². The molecule has 0 spiro atoms. The van der Waals surface area contributed by atoms with Crippen LogP contribution in [0.3, 0.4) is 0 Å². The maximum absolute atomic E-state index is 11.9. The number of halogens is 1. The van der Waals surface area contributed by atoms with Gasteiger partial charge in [0.25, 0.3) is 5.91 Å². The lowest BCUT2D eigenvalue weighted by Gasteiger charge is -1.99. The van der Waals surface area contributed by atoms with Crippen LogP contribution in [0.15, 0.2) is 25.6 Å². The maximum Gasteiger partial charge on any atom is 0.293 e. The predicted molar refractivity (Wildman–Crippen MR) is 72.5 cm³/mol. The van der Waals surface area contributed by atoms with E-state index in [9.17, 15) is 9.59 Å². The first kappa shape index (κ1) is 14.1. The number of hydrogen-bond acceptors (Lipinski definition) is 5. The predicted octanol–water partition coefficient (Wildman–Crippen LogP) is 3.27. The highest BCUT2D eigenvalue weighted by Crippen LogP contribution is 2.27. The second-order valence-electron chi connectivity index (χ2n) is 3.96. The van der Waals surface area contributed by atoms with E-state index in [2.05, 4.69) is 21.2 Å². The Kier molecular flexibility index (Phi) is 3.77. The Labute approximate surface area is 122 Å². The van der Waals surface area contributed by atoms with Crippen LogP contribution in [0.1, 0.15) is 39.2 Å². The minimum absolute atomic E-state index is 0.00831. The summed E-state index contributed by atoms with van der Waals surface area (Å²) in [5.74, 6) is -0.600. The van der Waals surface area contributed by atoms with Crippen molar-refractivity contribution in [3.8, 4) is 6.07 Å². The van der Waals surface area contributed by atoms with Crippen LogP contribution >= 0.6 is 15.9 Å². The summed E-state index contributed by atoms with van der Waals surface area (Å²) < 4.78 is 10.8. The van der Waals surface area contributed by atoms with E-state index >= 15 is 0 Å². The summed E-state index contributed by atoms with van der Waals surface area (Å²) in [6, 6.07) is 4.89. The number of hydrogen-bond donors (Lipinski definition) is 1. The van der Waals surface area contributed by atoms with Gasteiger partial charge < -0.3 is 8.83 Å². The zero-order valence-electron chi connectivity index (χ0n) is 10.6. The van der Waals surface area contributed by atoms with Gasteiger partial charge in [0.2, 0.25) is 5.88 Å². The van der Waals surface area contributed by atoms with Crippen LogP contribution in [0.5, 0.6) is 0 Å². The molecule has 0 aliphatic heterocycles. The van der Waals surface area contributed by atoms with Gasteiger partial charge in [-0.1, -0.05) is 0 Å². The summed E-state index contributed by atoms with van der Waals surface area (Å²) in [5.41, 5.74) is 0.178. The molecule has 102 valence electrons. The standard InChI is InChI=1S/C13H9BrN2O4/c1-6(17)11-7(2)19-13(8(11)5-15)16-12(18)9-3-4-10(14)20-9/h3-4H,1-2H3,(H,16,18). The third-order valence-electron chi connectivity index (χ3n) is 2.57. The van der Waals surface area contributed by atoms with Crippen LogP contribution in [-0.2, 0) is 0 Å². The molecule has 0 aliphatic rings. The average Bonchev–Trinajstić information content (AvgIpc) is 2.92. The van der Waals surface area contributed by atoms with Crippen molar-refractivity contribution in [2.24, 2.45) is 0 Å². The van der Waals surface area contributed by atoms with Gasteiger partial charge in [-0.25, -0.2) is 0 Å². The number of carbonyl (C=O) groups is 2. The molecule has 0 saturated carbocycles. The van der Waals surface area contributed by atoms with Crippen molar-refractivity contribution >= 4 is 33.5 Å². The first-order valence-electron chi connectivity index (χ1n) is 5.55. The lowest BCUT2D eigenvalue weighted by molar-refractivity contribution is 0.0990. The Morgan fingerprint density at radius 2 is 2.05 bits per heavy atom. The zero-order chi connectivity index (χ0) is 14.9. The van der Waals surface area contributed by atoms with Crippen molar-refractivity contribution in [2.45, 2.75) is 13.8 Å². The molecule has 20 heavy (non-hydrogen) atoms. The van der Waals surface area contributed by atoms with Crippen LogP contribution in [0.25, 0.3) is 0 Å². The Morgan fingerprint density at radius 3 is 2.55 bits per heavy atom. The molecule has 0 aromatic carbocycles. The number of nitrogens with one attached hydrogen (secondary N) is 1. The van der Waals surface area contributed by atoms with E-state index in [0.717, 1.165) is 0 Å². The lowest BCUT2D eigenvalue weighted by Crippen LogP contribution is -2.11. The average molecular weight is 337 g/mol. The van der Waals surface area contributed by atoms with Gasteiger partial charge >= 0.3 is 0 Å². The van der Waals surface area contributed by atoms with Crippen molar-refractivity contribution in [2.75, 3.05) is 5.32 Å². The third kappa shape index (κ3) is 2.51. The van der Waals surface area contributed by atoms with Crippen LogP contribution in [-0.4, -0.2) is 11.7 Å². The molecule has 1 amide bonds. The summed E-state index contributed by atoms with van der Waals surface area (Å²) in [5, 5.41) is 11.5. The van der Waals surface area contributed by atoms with E-state index < -0.39 is 5.91 Å². The number of rotatable bonds is 3. The Morgan fingerprint density at radius 1 is 1.35 bits per heavy atom. The lowest BCUT2D eigenvalue weighted by atomic mass is 10.1. The quantitative estimate of drug-likeness (QED) is 0.867. The number of amides is 1. The molecule has 7 heteroatoms. The van der Waals surface area contributed by atoms with Crippen molar-refractivity contribution in [3.63, 3.8) is 0 Å². The van der Waals surface area contributed by atoms with Crippen molar-refractivity contribution in [1.82, 2.24) is 0 Å². The number of nitrogens with zero attached hydrogens (tertiary/aromatic N) is 1. The molecule has 0 fully saturated rings. The van der Waals surface area contributed by atoms with Gasteiger partial charge in [0.15, 0.2) is 16.2 Å². The van der Waals surface area contributed by atoms with Crippen LogP contribution < -0.4 is 5.32 Å². The summed E-state index contributed by atoms with van der Waals surface area (Å²) in [7, 11) is 0. The van der Waals surface area contributed by atoms with Crippen LogP contribution in [0, 0.1) is 18.3 Å². The minimum Gasteiger partial charge on any atom is -0.444 e. The van der Waals surface area contributed by atoms with E-state index in [4.69, 9.17) is 14.1 Å². The first-order chi connectivity index (χ1) is 9.43. The van der Waals surface area contributed by atoms with Crippen molar-refractivity contribution in [1.29, 1.82) is 5.26 Å². The summed E-state index contributed by atoms with van der Waals surface area (Å²) >= 11 is 3.08. The molecule has 2 aromatic heterocycles. The number of carbonyl (C=O) groups excluding carboxylic acids is 2. The highest BCUT2D eigenvalue weighted by Gasteiger charge is 2.23. The molecule has 0 saturated heterocycles.